The van der Waals surface area contributed by atoms with Crippen LogP contribution in [-0.4, -0.2) is 34.6 Å². The van der Waals surface area contributed by atoms with Crippen LogP contribution >= 0.6 is 0 Å². The molecule has 0 radical (unpaired) electrons. The molecule has 4 heteroatoms. The molecule has 0 spiro atoms. The van der Waals surface area contributed by atoms with Crippen molar-refractivity contribution in [3.05, 3.63) is 46.0 Å². The van der Waals surface area contributed by atoms with Crippen LogP contribution in [0, 0.1) is 27.7 Å². The van der Waals surface area contributed by atoms with Crippen LogP contribution in [0.1, 0.15) is 73.4 Å². The van der Waals surface area contributed by atoms with Gasteiger partial charge in [0.2, 0.25) is 0 Å². The van der Waals surface area contributed by atoms with E-state index in [0.29, 0.717) is 12.2 Å². The maximum atomic E-state index is 5.91. The Morgan fingerprint density at radius 1 is 0.793 bits per heavy atom. The Labute approximate surface area is 176 Å². The fraction of sp³-hybridized carbons (Fsp3) is 0.680. The van der Waals surface area contributed by atoms with E-state index in [1.165, 1.54) is 59.6 Å². The summed E-state index contributed by atoms with van der Waals surface area (Å²) in [7, 11) is 0. The molecule has 0 saturated carbocycles. The fourth-order valence-electron chi connectivity index (χ4n) is 5.56. The van der Waals surface area contributed by atoms with Gasteiger partial charge in [0.05, 0.1) is 12.2 Å². The molecule has 4 rings (SSSR count). The van der Waals surface area contributed by atoms with Crippen molar-refractivity contribution in [1.82, 2.24) is 9.13 Å². The summed E-state index contributed by atoms with van der Waals surface area (Å²) in [5, 5.41) is 0. The van der Waals surface area contributed by atoms with Crippen molar-refractivity contribution in [2.75, 3.05) is 13.2 Å². The fourth-order valence-corrected chi connectivity index (χ4v) is 5.56. The number of aryl methyl sites for hydroxylation is 2. The van der Waals surface area contributed by atoms with Crippen molar-refractivity contribution in [1.29, 1.82) is 0 Å². The summed E-state index contributed by atoms with van der Waals surface area (Å²) in [6, 6.07) is 4.80. The van der Waals surface area contributed by atoms with Crippen LogP contribution in [0.15, 0.2) is 12.1 Å². The highest BCUT2D eigenvalue weighted by molar-refractivity contribution is 5.45. The van der Waals surface area contributed by atoms with Crippen molar-refractivity contribution in [2.24, 2.45) is 0 Å². The summed E-state index contributed by atoms with van der Waals surface area (Å²) in [5.41, 5.74) is 8.28. The lowest BCUT2D eigenvalue weighted by Gasteiger charge is -2.27. The van der Waals surface area contributed by atoms with Crippen LogP contribution < -0.4 is 0 Å². The average molecular weight is 399 g/mol. The van der Waals surface area contributed by atoms with Gasteiger partial charge >= 0.3 is 0 Å². The van der Waals surface area contributed by atoms with E-state index in [-0.39, 0.29) is 5.41 Å². The van der Waals surface area contributed by atoms with Gasteiger partial charge in [0.25, 0.3) is 0 Å². The molecular formula is C25H38N2O2. The minimum Gasteiger partial charge on any atom is -0.376 e. The minimum atomic E-state index is -0.0345. The molecule has 2 saturated heterocycles. The molecule has 2 aromatic heterocycles. The van der Waals surface area contributed by atoms with Gasteiger partial charge in [0, 0.05) is 54.5 Å². The van der Waals surface area contributed by atoms with Crippen LogP contribution in [0.5, 0.6) is 0 Å². The molecule has 0 aliphatic carbocycles. The second-order valence-electron chi connectivity index (χ2n) is 9.69. The molecule has 0 aromatic carbocycles. The predicted molar refractivity (Wildman–Crippen MR) is 118 cm³/mol. The lowest BCUT2D eigenvalue weighted by molar-refractivity contribution is 0.0961. The highest BCUT2D eigenvalue weighted by atomic mass is 16.5. The summed E-state index contributed by atoms with van der Waals surface area (Å²) in [6.07, 6.45) is 5.48. The summed E-state index contributed by atoms with van der Waals surface area (Å²) >= 11 is 0. The van der Waals surface area contributed by atoms with Crippen molar-refractivity contribution < 1.29 is 9.47 Å². The minimum absolute atomic E-state index is 0.0345. The number of nitrogens with zero attached hydrogens (tertiary/aromatic N) is 2. The SMILES string of the molecule is Cc1cc(C(C)(C)c2cc(C)n(CC3CCCO3)c2C)c(C)n1CC1CCCO1. The zero-order valence-electron chi connectivity index (χ0n) is 19.2. The standard InChI is InChI=1S/C25H38N2O2/c1-17-13-23(19(3)26(17)15-21-9-7-11-28-21)25(5,6)24-14-18(2)27(20(24)4)16-22-10-8-12-29-22/h13-14,21-22H,7-12,15-16H2,1-6H3. The molecule has 4 nitrogen and oxygen atoms in total. The first-order valence-electron chi connectivity index (χ1n) is 11.4. The molecule has 160 valence electrons. The quantitative estimate of drug-likeness (QED) is 0.668. The lowest BCUT2D eigenvalue weighted by atomic mass is 9.78. The molecule has 2 unspecified atom stereocenters. The van der Waals surface area contributed by atoms with Gasteiger partial charge in [0.1, 0.15) is 0 Å². The molecule has 0 N–H and O–H groups in total. The van der Waals surface area contributed by atoms with Gasteiger partial charge in [-0.2, -0.15) is 0 Å². The Morgan fingerprint density at radius 3 is 1.55 bits per heavy atom. The molecule has 0 bridgehead atoms. The van der Waals surface area contributed by atoms with Gasteiger partial charge in [0.15, 0.2) is 0 Å². The van der Waals surface area contributed by atoms with E-state index in [4.69, 9.17) is 9.47 Å². The molecule has 2 aliphatic rings. The van der Waals surface area contributed by atoms with E-state index in [1.807, 2.05) is 0 Å². The molecule has 2 atom stereocenters. The van der Waals surface area contributed by atoms with E-state index in [0.717, 1.165) is 26.3 Å². The number of rotatable bonds is 6. The monoisotopic (exact) mass is 398 g/mol. The highest BCUT2D eigenvalue weighted by Gasteiger charge is 2.32. The zero-order valence-corrected chi connectivity index (χ0v) is 19.2. The smallest absolute Gasteiger partial charge is 0.0754 e. The Bertz CT molecular complexity index is 792. The van der Waals surface area contributed by atoms with Crippen molar-refractivity contribution >= 4 is 0 Å². The molecule has 2 fully saturated rings. The van der Waals surface area contributed by atoms with Gasteiger partial charge < -0.3 is 18.6 Å². The number of hydrogen-bond acceptors (Lipinski definition) is 2. The normalized spacial score (nSPS) is 22.7. The van der Waals surface area contributed by atoms with Gasteiger partial charge in [-0.1, -0.05) is 13.8 Å². The van der Waals surface area contributed by atoms with Crippen LogP contribution in [-0.2, 0) is 28.0 Å². The van der Waals surface area contributed by atoms with Crippen molar-refractivity contribution in [3.8, 4) is 0 Å². The van der Waals surface area contributed by atoms with Gasteiger partial charge in [-0.25, -0.2) is 0 Å². The Hall–Kier alpha value is -1.52. The Balaban J connectivity index is 1.64. The topological polar surface area (TPSA) is 28.3 Å². The first-order valence-corrected chi connectivity index (χ1v) is 11.4. The number of ether oxygens (including phenoxy) is 2. The molecule has 2 aromatic rings. The van der Waals surface area contributed by atoms with Gasteiger partial charge in [-0.15, -0.1) is 0 Å². The van der Waals surface area contributed by atoms with Gasteiger partial charge in [-0.05, 0) is 76.6 Å². The maximum Gasteiger partial charge on any atom is 0.0754 e. The van der Waals surface area contributed by atoms with Crippen LogP contribution in [0.4, 0.5) is 0 Å². The second-order valence-corrected chi connectivity index (χ2v) is 9.69. The number of aromatic nitrogens is 2. The van der Waals surface area contributed by atoms with E-state index in [2.05, 4.69) is 62.8 Å². The molecular weight excluding hydrogens is 360 g/mol. The Kier molecular flexibility index (Phi) is 5.69. The van der Waals surface area contributed by atoms with Crippen molar-refractivity contribution in [3.63, 3.8) is 0 Å². The summed E-state index contributed by atoms with van der Waals surface area (Å²) < 4.78 is 16.8. The third-order valence-electron chi connectivity index (χ3n) is 7.31. The summed E-state index contributed by atoms with van der Waals surface area (Å²) in [5.74, 6) is 0. The summed E-state index contributed by atoms with van der Waals surface area (Å²) in [4.78, 5) is 0. The van der Waals surface area contributed by atoms with E-state index in [1.54, 1.807) is 0 Å². The van der Waals surface area contributed by atoms with E-state index < -0.39 is 0 Å². The van der Waals surface area contributed by atoms with E-state index in [9.17, 15) is 0 Å². The maximum absolute atomic E-state index is 5.91. The number of hydrogen-bond donors (Lipinski definition) is 0. The first kappa shape index (κ1) is 20.7. The van der Waals surface area contributed by atoms with Crippen LogP contribution in [0.3, 0.4) is 0 Å². The lowest BCUT2D eigenvalue weighted by Crippen LogP contribution is -2.23. The predicted octanol–water partition coefficient (Wildman–Crippen LogP) is 5.21. The van der Waals surface area contributed by atoms with Crippen LogP contribution in [0.25, 0.3) is 0 Å². The molecule has 29 heavy (non-hydrogen) atoms. The van der Waals surface area contributed by atoms with E-state index >= 15 is 0 Å². The zero-order chi connectivity index (χ0) is 20.8. The largest absolute Gasteiger partial charge is 0.376 e. The second kappa shape index (κ2) is 7.96. The highest BCUT2D eigenvalue weighted by Crippen LogP contribution is 2.38. The summed E-state index contributed by atoms with van der Waals surface area (Å²) in [6.45, 7) is 17.6. The van der Waals surface area contributed by atoms with Crippen molar-refractivity contribution in [2.45, 2.75) is 97.9 Å². The Morgan fingerprint density at radius 2 is 1.21 bits per heavy atom. The molecule has 0 amide bonds. The molecule has 4 heterocycles. The average Bonchev–Trinajstić information content (AvgIpc) is 3.45. The third kappa shape index (κ3) is 3.82. The van der Waals surface area contributed by atoms with Gasteiger partial charge in [-0.3, -0.25) is 0 Å². The molecule has 2 aliphatic heterocycles. The first-order chi connectivity index (χ1) is 13.8. The van der Waals surface area contributed by atoms with Crippen LogP contribution in [0.2, 0.25) is 0 Å². The third-order valence-corrected chi connectivity index (χ3v) is 7.31.